The van der Waals surface area contributed by atoms with Crippen molar-refractivity contribution in [3.8, 4) is 0 Å². The fourth-order valence-electron chi connectivity index (χ4n) is 4.88. The lowest BCUT2D eigenvalue weighted by Crippen LogP contribution is -2.44. The Morgan fingerprint density at radius 2 is 2.11 bits per heavy atom. The quantitative estimate of drug-likeness (QED) is 0.895. The minimum Gasteiger partial charge on any atom is -0.308 e. The zero-order valence-electron chi connectivity index (χ0n) is 12.6. The number of hydrogen-bond donors (Lipinski definition) is 1. The van der Waals surface area contributed by atoms with Gasteiger partial charge in [-0.05, 0) is 47.6 Å². The van der Waals surface area contributed by atoms with E-state index < -0.39 is 0 Å². The monoisotopic (exact) mass is 258 g/mol. The first-order chi connectivity index (χ1) is 8.95. The Hall–Kier alpha value is -0.890. The summed E-state index contributed by atoms with van der Waals surface area (Å²) in [5.74, 6) is 1.76. The van der Waals surface area contributed by atoms with Crippen molar-refractivity contribution >= 4 is 0 Å². The first-order valence-corrected chi connectivity index (χ1v) is 7.58. The Bertz CT molecular complexity index is 454. The molecule has 1 heterocycles. The number of nitrogens with zero attached hydrogens (tertiary/aromatic N) is 1. The number of pyridine rings is 1. The van der Waals surface area contributed by atoms with E-state index in [1.54, 1.807) is 0 Å². The predicted octanol–water partition coefficient (Wildman–Crippen LogP) is 3.63. The molecule has 2 fully saturated rings. The van der Waals surface area contributed by atoms with Crippen molar-refractivity contribution in [2.45, 2.75) is 53.1 Å². The van der Waals surface area contributed by atoms with E-state index in [1.165, 1.54) is 12.8 Å². The summed E-state index contributed by atoms with van der Waals surface area (Å²) in [6.07, 6.45) is 4.58. The van der Waals surface area contributed by atoms with Crippen LogP contribution in [0.25, 0.3) is 0 Å². The van der Waals surface area contributed by atoms with Crippen LogP contribution < -0.4 is 5.32 Å². The summed E-state index contributed by atoms with van der Waals surface area (Å²) in [7, 11) is 0. The molecular formula is C17H26N2. The first kappa shape index (κ1) is 13.1. The van der Waals surface area contributed by atoms with Crippen molar-refractivity contribution in [3.63, 3.8) is 0 Å². The van der Waals surface area contributed by atoms with Gasteiger partial charge in [-0.3, -0.25) is 4.98 Å². The maximum absolute atomic E-state index is 4.41. The highest BCUT2D eigenvalue weighted by Gasteiger charge is 2.63. The summed E-state index contributed by atoms with van der Waals surface area (Å²) in [4.78, 5) is 4.41. The van der Waals surface area contributed by atoms with Crippen LogP contribution in [-0.2, 0) is 6.54 Å². The van der Waals surface area contributed by atoms with E-state index in [0.717, 1.165) is 24.1 Å². The third-order valence-electron chi connectivity index (χ3n) is 6.35. The van der Waals surface area contributed by atoms with Gasteiger partial charge in [0.15, 0.2) is 0 Å². The number of nitrogens with one attached hydrogen (secondary N) is 1. The second-order valence-corrected chi connectivity index (χ2v) is 7.42. The normalized spacial score (nSPS) is 39.7. The van der Waals surface area contributed by atoms with Crippen LogP contribution in [0.1, 0.15) is 46.2 Å². The van der Waals surface area contributed by atoms with Crippen molar-refractivity contribution in [1.29, 1.82) is 0 Å². The second-order valence-electron chi connectivity index (χ2n) is 7.42. The molecule has 2 bridgehead atoms. The molecule has 2 saturated carbocycles. The van der Waals surface area contributed by atoms with Crippen LogP contribution in [0, 0.1) is 22.7 Å². The lowest BCUT2D eigenvalue weighted by molar-refractivity contribution is 0.119. The summed E-state index contributed by atoms with van der Waals surface area (Å²) in [5, 5.41) is 3.78. The Kier molecular flexibility index (Phi) is 2.97. The van der Waals surface area contributed by atoms with Crippen LogP contribution in [-0.4, -0.2) is 11.0 Å². The SMILES string of the molecule is C[C@H]1CC2(C)[C@@H](NCc3ccccn3)C[C@@H]1C2(C)C. The highest BCUT2D eigenvalue weighted by atomic mass is 15.0. The Balaban J connectivity index is 1.71. The minimum atomic E-state index is 0.436. The van der Waals surface area contributed by atoms with Crippen molar-refractivity contribution in [2.24, 2.45) is 22.7 Å². The average molecular weight is 258 g/mol. The van der Waals surface area contributed by atoms with Gasteiger partial charge in [0.05, 0.1) is 5.69 Å². The minimum absolute atomic E-state index is 0.436. The lowest BCUT2D eigenvalue weighted by Gasteiger charge is -2.40. The van der Waals surface area contributed by atoms with Crippen LogP contribution in [0.2, 0.25) is 0 Å². The molecule has 2 aliphatic carbocycles. The van der Waals surface area contributed by atoms with Gasteiger partial charge in [-0.2, -0.15) is 0 Å². The summed E-state index contributed by atoms with van der Waals surface area (Å²) in [6.45, 7) is 10.8. The summed E-state index contributed by atoms with van der Waals surface area (Å²) in [5.41, 5.74) is 2.06. The van der Waals surface area contributed by atoms with Crippen molar-refractivity contribution in [1.82, 2.24) is 10.3 Å². The molecule has 3 rings (SSSR count). The van der Waals surface area contributed by atoms with E-state index in [-0.39, 0.29) is 0 Å². The van der Waals surface area contributed by atoms with Gasteiger partial charge in [0.1, 0.15) is 0 Å². The van der Waals surface area contributed by atoms with E-state index in [1.807, 2.05) is 12.3 Å². The zero-order chi connectivity index (χ0) is 13.7. The Morgan fingerprint density at radius 1 is 1.32 bits per heavy atom. The molecule has 104 valence electrons. The van der Waals surface area contributed by atoms with Crippen LogP contribution in [0.4, 0.5) is 0 Å². The van der Waals surface area contributed by atoms with E-state index in [9.17, 15) is 0 Å². The first-order valence-electron chi connectivity index (χ1n) is 7.58. The predicted molar refractivity (Wildman–Crippen MR) is 78.6 cm³/mol. The van der Waals surface area contributed by atoms with E-state index in [4.69, 9.17) is 0 Å². The fraction of sp³-hybridized carbons (Fsp3) is 0.706. The van der Waals surface area contributed by atoms with Gasteiger partial charge in [0, 0.05) is 18.8 Å². The molecule has 2 nitrogen and oxygen atoms in total. The highest BCUT2D eigenvalue weighted by molar-refractivity contribution is 5.15. The van der Waals surface area contributed by atoms with Gasteiger partial charge in [0.25, 0.3) is 0 Å². The van der Waals surface area contributed by atoms with Crippen LogP contribution in [0.15, 0.2) is 24.4 Å². The highest BCUT2D eigenvalue weighted by Crippen LogP contribution is 2.67. The van der Waals surface area contributed by atoms with Gasteiger partial charge in [-0.15, -0.1) is 0 Å². The number of rotatable bonds is 3. The average Bonchev–Trinajstić information content (AvgIpc) is 2.67. The molecule has 0 saturated heterocycles. The third kappa shape index (κ3) is 1.84. The molecule has 0 spiro atoms. The van der Waals surface area contributed by atoms with Gasteiger partial charge in [-0.25, -0.2) is 0 Å². The van der Waals surface area contributed by atoms with E-state index in [2.05, 4.69) is 50.1 Å². The number of hydrogen-bond acceptors (Lipinski definition) is 2. The standard InChI is InChI=1S/C17H26N2/c1-12-10-17(4)15(9-14(12)16(17,2)3)19-11-13-7-5-6-8-18-13/h5-8,12,14-15,19H,9-11H2,1-4H3/t12-,14-,15-,17?/m0/s1. The molecule has 19 heavy (non-hydrogen) atoms. The summed E-state index contributed by atoms with van der Waals surface area (Å²) >= 11 is 0. The lowest BCUT2D eigenvalue weighted by atomic mass is 9.69. The zero-order valence-corrected chi connectivity index (χ0v) is 12.6. The smallest absolute Gasteiger partial charge is 0.0541 e. The number of fused-ring (bicyclic) bond motifs is 2. The third-order valence-corrected chi connectivity index (χ3v) is 6.35. The van der Waals surface area contributed by atoms with Crippen molar-refractivity contribution in [2.75, 3.05) is 0 Å². The van der Waals surface area contributed by atoms with E-state index in [0.29, 0.717) is 16.9 Å². The molecule has 2 aliphatic rings. The van der Waals surface area contributed by atoms with Crippen LogP contribution in [0.3, 0.4) is 0 Å². The molecule has 0 amide bonds. The molecule has 0 aromatic carbocycles. The molecule has 1 unspecified atom stereocenters. The fourth-order valence-corrected chi connectivity index (χ4v) is 4.88. The van der Waals surface area contributed by atoms with Gasteiger partial charge < -0.3 is 5.32 Å². The van der Waals surface area contributed by atoms with Crippen molar-refractivity contribution in [3.05, 3.63) is 30.1 Å². The largest absolute Gasteiger partial charge is 0.308 e. The van der Waals surface area contributed by atoms with Gasteiger partial charge in [0.2, 0.25) is 0 Å². The van der Waals surface area contributed by atoms with Gasteiger partial charge >= 0.3 is 0 Å². The van der Waals surface area contributed by atoms with Gasteiger partial charge in [-0.1, -0.05) is 33.8 Å². The Morgan fingerprint density at radius 3 is 2.63 bits per heavy atom. The van der Waals surface area contributed by atoms with Crippen molar-refractivity contribution < 1.29 is 0 Å². The summed E-state index contributed by atoms with van der Waals surface area (Å²) in [6, 6.07) is 6.80. The molecule has 1 aromatic rings. The van der Waals surface area contributed by atoms with Crippen LogP contribution in [0.5, 0.6) is 0 Å². The molecule has 0 aliphatic heterocycles. The molecule has 4 atom stereocenters. The molecule has 2 heteroatoms. The molecule has 0 radical (unpaired) electrons. The topological polar surface area (TPSA) is 24.9 Å². The molecule has 1 N–H and O–H groups in total. The maximum atomic E-state index is 4.41. The Labute approximate surface area is 117 Å². The number of aromatic nitrogens is 1. The van der Waals surface area contributed by atoms with Crippen LogP contribution >= 0.6 is 0 Å². The molecular weight excluding hydrogens is 232 g/mol. The second kappa shape index (κ2) is 4.31. The molecule has 1 aromatic heterocycles. The summed E-state index contributed by atoms with van der Waals surface area (Å²) < 4.78 is 0. The maximum Gasteiger partial charge on any atom is 0.0541 e. The van der Waals surface area contributed by atoms with E-state index >= 15 is 0 Å².